The first-order valence-corrected chi connectivity index (χ1v) is 13.0. The summed E-state index contributed by atoms with van der Waals surface area (Å²) in [5.41, 5.74) is 0.360. The molecule has 0 spiro atoms. The number of fused-ring (bicyclic) bond motifs is 1. The molecule has 182 valence electrons. The van der Waals surface area contributed by atoms with Gasteiger partial charge in [0.2, 0.25) is 15.9 Å². The minimum Gasteiger partial charge on any atom is -0.478 e. The number of thioether (sulfide) groups is 1. The van der Waals surface area contributed by atoms with Crippen molar-refractivity contribution in [3.8, 4) is 11.5 Å². The van der Waals surface area contributed by atoms with Gasteiger partial charge >= 0.3 is 5.97 Å². The predicted molar refractivity (Wildman–Crippen MR) is 129 cm³/mol. The lowest BCUT2D eigenvalue weighted by molar-refractivity contribution is 0.0697. The average molecular weight is 516 g/mol. The van der Waals surface area contributed by atoms with Gasteiger partial charge in [-0.3, -0.25) is 4.79 Å². The molecule has 0 amide bonds. The van der Waals surface area contributed by atoms with E-state index < -0.39 is 16.0 Å². The van der Waals surface area contributed by atoms with Crippen molar-refractivity contribution >= 4 is 38.7 Å². The van der Waals surface area contributed by atoms with E-state index in [4.69, 9.17) is 9.52 Å². The Labute approximate surface area is 204 Å². The fraction of sp³-hybridized carbons (Fsp3) is 0.227. The van der Waals surface area contributed by atoms with Crippen molar-refractivity contribution in [1.82, 2.24) is 24.5 Å². The number of carbonyl (C=O) groups is 1. The van der Waals surface area contributed by atoms with Crippen molar-refractivity contribution in [3.63, 3.8) is 0 Å². The number of aromatic nitrogens is 4. The van der Waals surface area contributed by atoms with E-state index in [1.807, 2.05) is 0 Å². The molecule has 0 saturated heterocycles. The predicted octanol–water partition coefficient (Wildman–Crippen LogP) is 2.99. The molecule has 2 aromatic heterocycles. The third kappa shape index (κ3) is 5.11. The number of rotatable bonds is 9. The monoisotopic (exact) mass is 515 g/mol. The first-order valence-electron chi connectivity index (χ1n) is 10.6. The van der Waals surface area contributed by atoms with E-state index in [-0.39, 0.29) is 43.8 Å². The molecule has 0 aliphatic heterocycles. The van der Waals surface area contributed by atoms with Crippen molar-refractivity contribution in [1.29, 1.82) is 0 Å². The lowest BCUT2D eigenvalue weighted by Gasteiger charge is -2.18. The van der Waals surface area contributed by atoms with E-state index in [0.29, 0.717) is 24.5 Å². The summed E-state index contributed by atoms with van der Waals surface area (Å²) in [6.07, 6.45) is 0. The van der Waals surface area contributed by atoms with Crippen LogP contribution in [-0.4, -0.2) is 57.1 Å². The van der Waals surface area contributed by atoms with E-state index in [0.717, 1.165) is 11.8 Å². The normalized spacial score (nSPS) is 11.9. The van der Waals surface area contributed by atoms with E-state index in [2.05, 4.69) is 20.2 Å². The van der Waals surface area contributed by atoms with E-state index in [9.17, 15) is 18.0 Å². The number of carboxylic acids is 1. The zero-order valence-corrected chi connectivity index (χ0v) is 20.4. The number of H-pyrrole nitrogens is 1. The fourth-order valence-corrected chi connectivity index (χ4v) is 5.54. The minimum atomic E-state index is -3.64. The van der Waals surface area contributed by atoms with Gasteiger partial charge in [-0.15, -0.1) is 10.2 Å². The van der Waals surface area contributed by atoms with Crippen LogP contribution in [0.25, 0.3) is 22.4 Å². The number of nitrogens with zero attached hydrogens (tertiary/aromatic N) is 4. The van der Waals surface area contributed by atoms with Crippen LogP contribution >= 0.6 is 11.8 Å². The molecule has 35 heavy (non-hydrogen) atoms. The molecule has 0 bridgehead atoms. The van der Waals surface area contributed by atoms with Gasteiger partial charge in [0.15, 0.2) is 0 Å². The van der Waals surface area contributed by atoms with Gasteiger partial charge in [0, 0.05) is 18.7 Å². The number of hydrogen-bond donors (Lipinski definition) is 2. The summed E-state index contributed by atoms with van der Waals surface area (Å²) < 4.78 is 32.7. The maximum absolute atomic E-state index is 12.8. The molecule has 2 N–H and O–H groups in total. The number of aromatic amines is 1. The first kappa shape index (κ1) is 24.6. The summed E-state index contributed by atoms with van der Waals surface area (Å²) >= 11 is 1.12. The van der Waals surface area contributed by atoms with Gasteiger partial charge in [-0.25, -0.2) is 18.2 Å². The lowest BCUT2D eigenvalue weighted by atomic mass is 10.1. The molecular weight excluding hydrogens is 494 g/mol. The van der Waals surface area contributed by atoms with Gasteiger partial charge in [0.1, 0.15) is 5.82 Å². The second-order valence-electron chi connectivity index (χ2n) is 7.33. The lowest BCUT2D eigenvalue weighted by Crippen LogP contribution is -2.30. The maximum Gasteiger partial charge on any atom is 0.335 e. The molecule has 0 unspecified atom stereocenters. The van der Waals surface area contributed by atoms with Gasteiger partial charge in [-0.1, -0.05) is 31.7 Å². The second-order valence-corrected chi connectivity index (χ2v) is 10.2. The van der Waals surface area contributed by atoms with E-state index in [1.165, 1.54) is 34.6 Å². The molecule has 0 atom stereocenters. The topological polar surface area (TPSA) is 159 Å². The van der Waals surface area contributed by atoms with Crippen LogP contribution < -0.4 is 5.56 Å². The van der Waals surface area contributed by atoms with Crippen LogP contribution in [0.4, 0.5) is 0 Å². The van der Waals surface area contributed by atoms with Crippen LogP contribution in [0, 0.1) is 0 Å². The van der Waals surface area contributed by atoms with Crippen molar-refractivity contribution < 1.29 is 22.7 Å². The highest BCUT2D eigenvalue weighted by Gasteiger charge is 2.22. The minimum absolute atomic E-state index is 0.0287. The Bertz CT molecular complexity index is 1560. The summed E-state index contributed by atoms with van der Waals surface area (Å²) in [6.45, 7) is 4.25. The number of carboxylic acid groups (broad SMARTS) is 1. The molecule has 11 nitrogen and oxygen atoms in total. The zero-order valence-electron chi connectivity index (χ0n) is 18.8. The Hall–Kier alpha value is -3.55. The summed E-state index contributed by atoms with van der Waals surface area (Å²) in [5, 5.41) is 17.6. The van der Waals surface area contributed by atoms with Crippen LogP contribution in [0.5, 0.6) is 0 Å². The molecule has 0 radical (unpaired) electrons. The SMILES string of the molecule is CCN(CC)S(=O)(=O)c1cccc(-c2nnc(SCc3nc4cc(C(=O)O)ccc4c(=O)[nH]3)o2)c1. The molecule has 0 aliphatic carbocycles. The number of sulfonamides is 1. The maximum atomic E-state index is 12.8. The number of hydrogen-bond acceptors (Lipinski definition) is 9. The van der Waals surface area contributed by atoms with E-state index in [1.54, 1.807) is 26.0 Å². The van der Waals surface area contributed by atoms with Crippen LogP contribution in [-0.2, 0) is 15.8 Å². The molecule has 0 fully saturated rings. The fourth-order valence-electron chi connectivity index (χ4n) is 3.41. The second kappa shape index (κ2) is 9.98. The smallest absolute Gasteiger partial charge is 0.335 e. The highest BCUT2D eigenvalue weighted by atomic mass is 32.2. The third-order valence-corrected chi connectivity index (χ3v) is 8.04. The largest absolute Gasteiger partial charge is 0.478 e. The van der Waals surface area contributed by atoms with Gasteiger partial charge < -0.3 is 14.5 Å². The van der Waals surface area contributed by atoms with E-state index >= 15 is 0 Å². The standard InChI is InChI=1S/C22H21N5O6S2/c1-3-27(4-2)35(31,32)15-7-5-6-13(10-15)20-25-26-22(33-20)34-12-18-23-17-11-14(21(29)30)8-9-16(17)19(28)24-18/h5-11H,3-4,12H2,1-2H3,(H,29,30)(H,23,24,28). The highest BCUT2D eigenvalue weighted by Crippen LogP contribution is 2.27. The van der Waals surface area contributed by atoms with Crippen LogP contribution in [0.2, 0.25) is 0 Å². The Morgan fingerprint density at radius 3 is 2.63 bits per heavy atom. The Balaban J connectivity index is 1.54. The quantitative estimate of drug-likeness (QED) is 0.317. The summed E-state index contributed by atoms with van der Waals surface area (Å²) in [4.78, 5) is 30.6. The van der Waals surface area contributed by atoms with Crippen LogP contribution in [0.1, 0.15) is 30.0 Å². The molecular formula is C22H21N5O6S2. The summed E-state index contributed by atoms with van der Waals surface area (Å²) in [7, 11) is -3.64. The van der Waals surface area contributed by atoms with Crippen LogP contribution in [0.15, 0.2) is 61.8 Å². The molecule has 2 heterocycles. The Morgan fingerprint density at radius 1 is 1.14 bits per heavy atom. The molecule has 0 aliphatic rings. The van der Waals surface area contributed by atoms with Crippen molar-refractivity contribution in [2.24, 2.45) is 0 Å². The number of nitrogens with one attached hydrogen (secondary N) is 1. The first-order chi connectivity index (χ1) is 16.7. The van der Waals surface area contributed by atoms with Crippen molar-refractivity contribution in [2.45, 2.75) is 29.7 Å². The molecule has 2 aromatic carbocycles. The average Bonchev–Trinajstić information content (AvgIpc) is 3.32. The van der Waals surface area contributed by atoms with Gasteiger partial charge in [-0.2, -0.15) is 4.31 Å². The van der Waals surface area contributed by atoms with Crippen molar-refractivity contribution in [3.05, 3.63) is 64.2 Å². The Kier molecular flexibility index (Phi) is 7.00. The molecule has 13 heteroatoms. The van der Waals surface area contributed by atoms with Gasteiger partial charge in [0.05, 0.1) is 27.1 Å². The Morgan fingerprint density at radius 2 is 1.91 bits per heavy atom. The molecule has 0 saturated carbocycles. The van der Waals surface area contributed by atoms with Gasteiger partial charge in [-0.05, 0) is 36.4 Å². The van der Waals surface area contributed by atoms with Crippen LogP contribution in [0.3, 0.4) is 0 Å². The number of benzene rings is 2. The third-order valence-electron chi connectivity index (χ3n) is 5.17. The van der Waals surface area contributed by atoms with Gasteiger partial charge in [0.25, 0.3) is 10.8 Å². The highest BCUT2D eigenvalue weighted by molar-refractivity contribution is 7.98. The zero-order chi connectivity index (χ0) is 25.2. The summed E-state index contributed by atoms with van der Waals surface area (Å²) in [6, 6.07) is 10.4. The van der Waals surface area contributed by atoms with Crippen molar-refractivity contribution in [2.75, 3.05) is 13.1 Å². The summed E-state index contributed by atoms with van der Waals surface area (Å²) in [5.74, 6) is -0.477. The molecule has 4 aromatic rings. The molecule has 4 rings (SSSR count). The number of aromatic carboxylic acids is 1.